The Balaban J connectivity index is 2.70. The minimum Gasteiger partial charge on any atom is -0.497 e. The van der Waals surface area contributed by atoms with Gasteiger partial charge in [-0.25, -0.2) is 4.79 Å². The highest BCUT2D eigenvalue weighted by atomic mass is 16.5. The first-order valence-corrected chi connectivity index (χ1v) is 5.62. The number of rotatable bonds is 3. The molecule has 1 aromatic carbocycles. The van der Waals surface area contributed by atoms with E-state index in [4.69, 9.17) is 9.15 Å². The Morgan fingerprint density at radius 3 is 2.61 bits per heavy atom. The number of aryl methyl sites for hydroxylation is 1. The Bertz CT molecular complexity index is 667. The predicted molar refractivity (Wildman–Crippen MR) is 68.2 cm³/mol. The minimum absolute atomic E-state index is 0.0383. The topological polar surface area (TPSA) is 56.5 Å². The molecule has 0 unspecified atom stereocenters. The van der Waals surface area contributed by atoms with Crippen LogP contribution in [0.2, 0.25) is 0 Å². The van der Waals surface area contributed by atoms with E-state index in [0.29, 0.717) is 16.9 Å². The summed E-state index contributed by atoms with van der Waals surface area (Å²) < 4.78 is 10.2. The third-order valence-corrected chi connectivity index (χ3v) is 2.77. The second-order valence-corrected chi connectivity index (χ2v) is 4.28. The molecule has 1 heterocycles. The third-order valence-electron chi connectivity index (χ3n) is 2.77. The molecule has 0 radical (unpaired) electrons. The van der Waals surface area contributed by atoms with Crippen molar-refractivity contribution in [3.63, 3.8) is 0 Å². The summed E-state index contributed by atoms with van der Waals surface area (Å²) in [5, 5.41) is 1.27. The largest absolute Gasteiger partial charge is 0.497 e. The summed E-state index contributed by atoms with van der Waals surface area (Å²) in [5.41, 5.74) is 0.479. The normalized spacial score (nSPS) is 10.6. The second kappa shape index (κ2) is 4.64. The molecule has 0 amide bonds. The van der Waals surface area contributed by atoms with Gasteiger partial charge in [0.15, 0.2) is 0 Å². The molecule has 4 heteroatoms. The molecular weight excluding hydrogens is 232 g/mol. The molecule has 2 aromatic rings. The summed E-state index contributed by atoms with van der Waals surface area (Å²) >= 11 is 0. The first kappa shape index (κ1) is 12.4. The van der Waals surface area contributed by atoms with E-state index >= 15 is 0 Å². The molecule has 1 aromatic heterocycles. The van der Waals surface area contributed by atoms with Gasteiger partial charge in [0.2, 0.25) is 0 Å². The Morgan fingerprint density at radius 2 is 2.00 bits per heavy atom. The van der Waals surface area contributed by atoms with Crippen LogP contribution in [0.5, 0.6) is 5.75 Å². The molecule has 0 spiro atoms. The lowest BCUT2D eigenvalue weighted by Gasteiger charge is -2.06. The number of ketones is 1. The third kappa shape index (κ3) is 2.27. The highest BCUT2D eigenvalue weighted by Crippen LogP contribution is 2.23. The number of carbonyl (C=O) groups is 1. The van der Waals surface area contributed by atoms with Crippen molar-refractivity contribution in [2.45, 2.75) is 20.3 Å². The van der Waals surface area contributed by atoms with Gasteiger partial charge in [0, 0.05) is 0 Å². The number of carbonyl (C=O) groups excluding carboxylic acids is 1. The zero-order valence-corrected chi connectivity index (χ0v) is 10.6. The molecule has 2 rings (SSSR count). The van der Waals surface area contributed by atoms with Crippen molar-refractivity contribution in [2.75, 3.05) is 7.11 Å². The lowest BCUT2D eigenvalue weighted by molar-refractivity contribution is -0.116. The van der Waals surface area contributed by atoms with E-state index in [1.165, 1.54) is 6.92 Å². The summed E-state index contributed by atoms with van der Waals surface area (Å²) in [4.78, 5) is 22.9. The van der Waals surface area contributed by atoms with Gasteiger partial charge in [0.1, 0.15) is 17.3 Å². The smallest absolute Gasteiger partial charge is 0.343 e. The van der Waals surface area contributed by atoms with Gasteiger partial charge >= 0.3 is 5.63 Å². The summed E-state index contributed by atoms with van der Waals surface area (Å²) in [6.45, 7) is 3.35. The van der Waals surface area contributed by atoms with Crippen LogP contribution in [0.3, 0.4) is 0 Å². The van der Waals surface area contributed by atoms with E-state index in [2.05, 4.69) is 0 Å². The number of fused-ring (bicyclic) bond motifs is 1. The fourth-order valence-electron chi connectivity index (χ4n) is 1.94. The van der Waals surface area contributed by atoms with E-state index in [-0.39, 0.29) is 12.2 Å². The molecule has 0 aliphatic rings. The summed E-state index contributed by atoms with van der Waals surface area (Å²) in [5.74, 6) is 0.976. The van der Waals surface area contributed by atoms with Crippen molar-refractivity contribution in [3.05, 3.63) is 39.9 Å². The highest BCUT2D eigenvalue weighted by molar-refractivity contribution is 5.87. The van der Waals surface area contributed by atoms with Gasteiger partial charge < -0.3 is 9.15 Å². The molecule has 0 aliphatic carbocycles. The Labute approximate surface area is 104 Å². The van der Waals surface area contributed by atoms with Crippen molar-refractivity contribution >= 4 is 16.6 Å². The Hall–Kier alpha value is -2.10. The molecule has 0 aliphatic heterocycles. The second-order valence-electron chi connectivity index (χ2n) is 4.28. The van der Waals surface area contributed by atoms with Gasteiger partial charge in [-0.05, 0) is 43.0 Å². The van der Waals surface area contributed by atoms with E-state index in [9.17, 15) is 9.59 Å². The number of hydrogen-bond donors (Lipinski definition) is 0. The minimum atomic E-state index is -0.439. The van der Waals surface area contributed by atoms with Crippen LogP contribution in [0.15, 0.2) is 27.4 Å². The maximum atomic E-state index is 11.9. The number of methoxy groups -OCH3 is 1. The van der Waals surface area contributed by atoms with Gasteiger partial charge in [0.05, 0.1) is 18.9 Å². The van der Waals surface area contributed by atoms with Gasteiger partial charge in [-0.15, -0.1) is 0 Å². The van der Waals surface area contributed by atoms with Gasteiger partial charge in [-0.3, -0.25) is 4.79 Å². The average molecular weight is 246 g/mol. The first-order valence-electron chi connectivity index (χ1n) is 5.62. The monoisotopic (exact) mass is 246 g/mol. The Kier molecular flexibility index (Phi) is 3.19. The van der Waals surface area contributed by atoms with Crippen molar-refractivity contribution in [2.24, 2.45) is 0 Å². The number of Topliss-reactive ketones (excluding diaryl/α,β-unsaturated/α-hetero) is 1. The zero-order chi connectivity index (χ0) is 13.3. The first-order chi connectivity index (χ1) is 8.51. The number of hydrogen-bond acceptors (Lipinski definition) is 4. The van der Waals surface area contributed by atoms with Crippen molar-refractivity contribution < 1.29 is 13.9 Å². The van der Waals surface area contributed by atoms with E-state index in [0.717, 1.165) is 10.9 Å². The SMILES string of the molecule is COc1cc(C)c2cc(CC(C)=O)oc(=O)c2c1. The van der Waals surface area contributed by atoms with Crippen LogP contribution in [-0.4, -0.2) is 12.9 Å². The number of ether oxygens (including phenoxy) is 1. The predicted octanol–water partition coefficient (Wildman–Crippen LogP) is 2.24. The van der Waals surface area contributed by atoms with Crippen molar-refractivity contribution in [1.29, 1.82) is 0 Å². The standard InChI is InChI=1S/C14H14O4/c1-8-4-10(17-3)6-13-12(8)7-11(5-9(2)15)18-14(13)16/h4,6-7H,5H2,1-3H3. The molecule has 18 heavy (non-hydrogen) atoms. The van der Waals surface area contributed by atoms with Crippen LogP contribution in [0.4, 0.5) is 0 Å². The highest BCUT2D eigenvalue weighted by Gasteiger charge is 2.10. The molecule has 0 fully saturated rings. The maximum Gasteiger partial charge on any atom is 0.343 e. The molecule has 94 valence electrons. The quantitative estimate of drug-likeness (QED) is 0.833. The summed E-state index contributed by atoms with van der Waals surface area (Å²) in [7, 11) is 1.55. The van der Waals surface area contributed by atoms with Crippen LogP contribution < -0.4 is 10.4 Å². The van der Waals surface area contributed by atoms with Crippen molar-refractivity contribution in [3.8, 4) is 5.75 Å². The van der Waals surface area contributed by atoms with Crippen LogP contribution in [0.1, 0.15) is 18.2 Å². The fourth-order valence-corrected chi connectivity index (χ4v) is 1.94. The van der Waals surface area contributed by atoms with E-state index in [1.807, 2.05) is 13.0 Å². The summed E-state index contributed by atoms with van der Waals surface area (Å²) in [6, 6.07) is 5.23. The van der Waals surface area contributed by atoms with E-state index in [1.54, 1.807) is 19.2 Å². The van der Waals surface area contributed by atoms with Crippen LogP contribution >= 0.6 is 0 Å². The summed E-state index contributed by atoms with van der Waals surface area (Å²) in [6.07, 6.45) is 0.136. The molecule has 0 saturated heterocycles. The van der Waals surface area contributed by atoms with Gasteiger partial charge in [-0.2, -0.15) is 0 Å². The maximum absolute atomic E-state index is 11.9. The average Bonchev–Trinajstić information content (AvgIpc) is 2.29. The van der Waals surface area contributed by atoms with Crippen molar-refractivity contribution in [1.82, 2.24) is 0 Å². The lowest BCUT2D eigenvalue weighted by atomic mass is 10.1. The van der Waals surface area contributed by atoms with Crippen LogP contribution in [0.25, 0.3) is 10.8 Å². The molecule has 0 bridgehead atoms. The van der Waals surface area contributed by atoms with Crippen LogP contribution in [0, 0.1) is 6.92 Å². The Morgan fingerprint density at radius 1 is 1.28 bits per heavy atom. The fraction of sp³-hybridized carbons (Fsp3) is 0.286. The molecule has 0 saturated carbocycles. The van der Waals surface area contributed by atoms with Crippen LogP contribution in [-0.2, 0) is 11.2 Å². The zero-order valence-electron chi connectivity index (χ0n) is 10.6. The molecule has 0 atom stereocenters. The lowest BCUT2D eigenvalue weighted by Crippen LogP contribution is -2.06. The molecule has 0 N–H and O–H groups in total. The van der Waals surface area contributed by atoms with Gasteiger partial charge in [0.25, 0.3) is 0 Å². The molecule has 4 nitrogen and oxygen atoms in total. The van der Waals surface area contributed by atoms with E-state index < -0.39 is 5.63 Å². The molecular formula is C14H14O4. The number of benzene rings is 1. The van der Waals surface area contributed by atoms with Gasteiger partial charge in [-0.1, -0.05) is 0 Å².